The minimum atomic E-state index is -0.438. The Labute approximate surface area is 105 Å². The Morgan fingerprint density at radius 3 is 2.56 bits per heavy atom. The highest BCUT2D eigenvalue weighted by Gasteiger charge is 2.10. The summed E-state index contributed by atoms with van der Waals surface area (Å²) in [5, 5.41) is 0. The standard InChI is InChI=1S/C15H14FNO/c16-12-7-8-14(17)13(10-12)15(18)9-6-11-4-2-1-3-5-11/h1-5,7-8,10H,6,9,17H2. The first kappa shape index (κ1) is 12.3. The van der Waals surface area contributed by atoms with Crippen molar-refractivity contribution in [3.8, 4) is 0 Å². The summed E-state index contributed by atoms with van der Waals surface area (Å²) in [6, 6.07) is 13.6. The predicted octanol–water partition coefficient (Wildman–Crippen LogP) is 3.22. The lowest BCUT2D eigenvalue weighted by Crippen LogP contribution is -2.05. The Kier molecular flexibility index (Phi) is 3.72. The molecule has 0 aliphatic rings. The Morgan fingerprint density at radius 2 is 1.83 bits per heavy atom. The molecule has 0 aliphatic carbocycles. The Hall–Kier alpha value is -2.16. The third kappa shape index (κ3) is 2.94. The molecule has 0 bridgehead atoms. The van der Waals surface area contributed by atoms with E-state index in [4.69, 9.17) is 5.73 Å². The molecule has 2 aromatic carbocycles. The van der Waals surface area contributed by atoms with Gasteiger partial charge in [-0.05, 0) is 30.2 Å². The lowest BCUT2D eigenvalue weighted by molar-refractivity contribution is 0.0983. The van der Waals surface area contributed by atoms with Gasteiger partial charge in [0.1, 0.15) is 5.82 Å². The summed E-state index contributed by atoms with van der Waals surface area (Å²) in [6.07, 6.45) is 0.966. The van der Waals surface area contributed by atoms with Crippen molar-refractivity contribution in [2.24, 2.45) is 0 Å². The number of nitrogen functional groups attached to an aromatic ring is 1. The molecular weight excluding hydrogens is 229 g/mol. The zero-order valence-corrected chi connectivity index (χ0v) is 9.90. The molecule has 0 aliphatic heterocycles. The van der Waals surface area contributed by atoms with Gasteiger partial charge in [-0.25, -0.2) is 4.39 Å². The molecular formula is C15H14FNO. The van der Waals surface area contributed by atoms with Crippen LogP contribution < -0.4 is 5.73 Å². The number of carbonyl (C=O) groups excluding carboxylic acids is 1. The number of halogens is 1. The Morgan fingerprint density at radius 1 is 1.11 bits per heavy atom. The molecule has 0 saturated heterocycles. The predicted molar refractivity (Wildman–Crippen MR) is 69.9 cm³/mol. The molecule has 2 nitrogen and oxygen atoms in total. The summed E-state index contributed by atoms with van der Waals surface area (Å²) in [5.41, 5.74) is 7.35. The Bertz CT molecular complexity index is 552. The van der Waals surface area contributed by atoms with Crippen LogP contribution in [0.15, 0.2) is 48.5 Å². The van der Waals surface area contributed by atoms with E-state index in [2.05, 4.69) is 0 Å². The van der Waals surface area contributed by atoms with Gasteiger partial charge >= 0.3 is 0 Å². The maximum absolute atomic E-state index is 13.1. The zero-order chi connectivity index (χ0) is 13.0. The van der Waals surface area contributed by atoms with Crippen molar-refractivity contribution in [2.75, 3.05) is 5.73 Å². The number of anilines is 1. The van der Waals surface area contributed by atoms with Crippen LogP contribution in [0.25, 0.3) is 0 Å². The largest absolute Gasteiger partial charge is 0.398 e. The fraction of sp³-hybridized carbons (Fsp3) is 0.133. The molecule has 0 saturated carbocycles. The molecule has 2 N–H and O–H groups in total. The van der Waals surface area contributed by atoms with Crippen molar-refractivity contribution >= 4 is 11.5 Å². The number of Topliss-reactive ketones (excluding diaryl/α,β-unsaturated/α-hetero) is 1. The molecule has 2 rings (SSSR count). The maximum Gasteiger partial charge on any atom is 0.165 e. The van der Waals surface area contributed by atoms with Crippen molar-refractivity contribution in [3.63, 3.8) is 0 Å². The average Bonchev–Trinajstić information content (AvgIpc) is 2.40. The lowest BCUT2D eigenvalue weighted by Gasteiger charge is -2.05. The van der Waals surface area contributed by atoms with Crippen LogP contribution in [-0.4, -0.2) is 5.78 Å². The number of nitrogens with two attached hydrogens (primary N) is 1. The molecule has 18 heavy (non-hydrogen) atoms. The normalized spacial score (nSPS) is 10.3. The quantitative estimate of drug-likeness (QED) is 0.661. The molecule has 0 fully saturated rings. The molecule has 0 amide bonds. The van der Waals surface area contributed by atoms with Gasteiger partial charge in [-0.15, -0.1) is 0 Å². The average molecular weight is 243 g/mol. The van der Waals surface area contributed by atoms with Crippen LogP contribution in [0, 0.1) is 5.82 Å². The minimum Gasteiger partial charge on any atom is -0.398 e. The van der Waals surface area contributed by atoms with E-state index in [0.717, 1.165) is 5.56 Å². The fourth-order valence-corrected chi connectivity index (χ4v) is 1.81. The van der Waals surface area contributed by atoms with E-state index < -0.39 is 5.82 Å². The van der Waals surface area contributed by atoms with E-state index in [1.54, 1.807) is 0 Å². The summed E-state index contributed by atoms with van der Waals surface area (Å²) in [6.45, 7) is 0. The van der Waals surface area contributed by atoms with Gasteiger partial charge in [-0.2, -0.15) is 0 Å². The van der Waals surface area contributed by atoms with Crippen molar-refractivity contribution in [3.05, 3.63) is 65.5 Å². The molecule has 0 aromatic heterocycles. The number of ketones is 1. The van der Waals surface area contributed by atoms with Crippen LogP contribution in [0.1, 0.15) is 22.3 Å². The summed E-state index contributed by atoms with van der Waals surface area (Å²) in [5.74, 6) is -0.567. The van der Waals surface area contributed by atoms with Crippen LogP contribution in [0.4, 0.5) is 10.1 Å². The molecule has 0 atom stereocenters. The smallest absolute Gasteiger partial charge is 0.165 e. The van der Waals surface area contributed by atoms with Gasteiger partial charge < -0.3 is 5.73 Å². The van der Waals surface area contributed by atoms with Crippen LogP contribution in [0.3, 0.4) is 0 Å². The second kappa shape index (κ2) is 5.45. The van der Waals surface area contributed by atoms with Crippen molar-refractivity contribution in [1.82, 2.24) is 0 Å². The highest BCUT2D eigenvalue weighted by molar-refractivity contribution is 6.00. The van der Waals surface area contributed by atoms with Crippen LogP contribution in [-0.2, 0) is 6.42 Å². The molecule has 0 radical (unpaired) electrons. The van der Waals surface area contributed by atoms with Gasteiger partial charge in [-0.1, -0.05) is 30.3 Å². The number of benzene rings is 2. The van der Waals surface area contributed by atoms with Crippen molar-refractivity contribution in [2.45, 2.75) is 12.8 Å². The van der Waals surface area contributed by atoms with Crippen molar-refractivity contribution in [1.29, 1.82) is 0 Å². The number of hydrogen-bond acceptors (Lipinski definition) is 2. The number of aryl methyl sites for hydroxylation is 1. The first-order chi connectivity index (χ1) is 8.66. The highest BCUT2D eigenvalue weighted by Crippen LogP contribution is 2.16. The Balaban J connectivity index is 2.06. The molecule has 0 unspecified atom stereocenters. The number of rotatable bonds is 4. The first-order valence-corrected chi connectivity index (χ1v) is 5.79. The second-order valence-corrected chi connectivity index (χ2v) is 4.14. The van der Waals surface area contributed by atoms with E-state index in [-0.39, 0.29) is 11.3 Å². The van der Waals surface area contributed by atoms with E-state index in [1.165, 1.54) is 18.2 Å². The van der Waals surface area contributed by atoms with E-state index in [1.807, 2.05) is 30.3 Å². The van der Waals surface area contributed by atoms with Crippen LogP contribution in [0.5, 0.6) is 0 Å². The monoisotopic (exact) mass is 243 g/mol. The highest BCUT2D eigenvalue weighted by atomic mass is 19.1. The van der Waals surface area contributed by atoms with Gasteiger partial charge in [0.15, 0.2) is 5.78 Å². The van der Waals surface area contributed by atoms with Gasteiger partial charge in [0.2, 0.25) is 0 Å². The fourth-order valence-electron chi connectivity index (χ4n) is 1.81. The minimum absolute atomic E-state index is 0.129. The van der Waals surface area contributed by atoms with Gasteiger partial charge in [0.25, 0.3) is 0 Å². The lowest BCUT2D eigenvalue weighted by atomic mass is 10.0. The molecule has 3 heteroatoms. The number of hydrogen-bond donors (Lipinski definition) is 1. The van der Waals surface area contributed by atoms with Crippen LogP contribution in [0.2, 0.25) is 0 Å². The zero-order valence-electron chi connectivity index (χ0n) is 9.90. The molecule has 92 valence electrons. The van der Waals surface area contributed by atoms with Crippen LogP contribution >= 0.6 is 0 Å². The summed E-state index contributed by atoms with van der Waals surface area (Å²) in [7, 11) is 0. The van der Waals surface area contributed by atoms with E-state index in [9.17, 15) is 9.18 Å². The topological polar surface area (TPSA) is 43.1 Å². The third-order valence-corrected chi connectivity index (χ3v) is 2.80. The van der Waals surface area contributed by atoms with Crippen molar-refractivity contribution < 1.29 is 9.18 Å². The summed E-state index contributed by atoms with van der Waals surface area (Å²) >= 11 is 0. The SMILES string of the molecule is Nc1ccc(F)cc1C(=O)CCc1ccccc1. The molecule has 0 spiro atoms. The van der Waals surface area contributed by atoms with Gasteiger partial charge in [0, 0.05) is 17.7 Å². The summed E-state index contributed by atoms with van der Waals surface area (Å²) in [4.78, 5) is 11.9. The summed E-state index contributed by atoms with van der Waals surface area (Å²) < 4.78 is 13.1. The van der Waals surface area contributed by atoms with Gasteiger partial charge in [-0.3, -0.25) is 4.79 Å². The molecule has 2 aromatic rings. The maximum atomic E-state index is 13.1. The second-order valence-electron chi connectivity index (χ2n) is 4.14. The first-order valence-electron chi connectivity index (χ1n) is 5.79. The van der Waals surface area contributed by atoms with E-state index >= 15 is 0 Å². The molecule has 0 heterocycles. The van der Waals surface area contributed by atoms with Gasteiger partial charge in [0.05, 0.1) is 0 Å². The third-order valence-electron chi connectivity index (χ3n) is 2.80. The van der Waals surface area contributed by atoms with E-state index in [0.29, 0.717) is 18.5 Å². The number of carbonyl (C=O) groups is 1.